The molecule has 3 N–H and O–H groups in total. The molecule has 0 amide bonds. The Kier molecular flexibility index (Phi) is 5.96. The van der Waals surface area contributed by atoms with Crippen LogP contribution in [0.5, 0.6) is 0 Å². The van der Waals surface area contributed by atoms with Gasteiger partial charge in [-0.05, 0) is 65.4 Å². The number of carboxylic acid groups (broad SMARTS) is 1. The fourth-order valence-electron chi connectivity index (χ4n) is 3.81. The third kappa shape index (κ3) is 4.54. The van der Waals surface area contributed by atoms with Gasteiger partial charge in [0.2, 0.25) is 0 Å². The van der Waals surface area contributed by atoms with Gasteiger partial charge in [-0.1, -0.05) is 56.6 Å². The minimum absolute atomic E-state index is 0.00713. The molecule has 0 radical (unpaired) electrons. The van der Waals surface area contributed by atoms with Crippen LogP contribution in [0.3, 0.4) is 0 Å². The Hall–Kier alpha value is -3.29. The first-order valence-electron chi connectivity index (χ1n) is 10.7. The fourth-order valence-corrected chi connectivity index (χ4v) is 5.04. The van der Waals surface area contributed by atoms with E-state index in [9.17, 15) is 18.3 Å². The SMILES string of the molecule is Cc1ccc(-c2c(C(=O)O)[nH]c3ccc(NS(=O)(=O)c4ccc(C(C)(C)C)cc4)cc23)cc1Cl. The van der Waals surface area contributed by atoms with Crippen molar-refractivity contribution in [3.63, 3.8) is 0 Å². The first-order valence-corrected chi connectivity index (χ1v) is 12.5. The molecule has 0 aliphatic rings. The van der Waals surface area contributed by atoms with Crippen molar-refractivity contribution in [3.8, 4) is 11.1 Å². The van der Waals surface area contributed by atoms with Gasteiger partial charge in [0, 0.05) is 27.2 Å². The minimum Gasteiger partial charge on any atom is -0.477 e. The molecule has 0 atom stereocenters. The van der Waals surface area contributed by atoms with Crippen LogP contribution in [0.4, 0.5) is 5.69 Å². The maximum Gasteiger partial charge on any atom is 0.352 e. The summed E-state index contributed by atoms with van der Waals surface area (Å²) < 4.78 is 28.6. The maximum atomic E-state index is 13.0. The lowest BCUT2D eigenvalue weighted by atomic mass is 9.87. The van der Waals surface area contributed by atoms with Crippen molar-refractivity contribution in [2.45, 2.75) is 38.0 Å². The molecular formula is C26H25ClN2O4S. The number of anilines is 1. The Morgan fingerprint density at radius 1 is 1.00 bits per heavy atom. The summed E-state index contributed by atoms with van der Waals surface area (Å²) in [5.74, 6) is -1.12. The number of aromatic amines is 1. The molecule has 4 aromatic rings. The number of rotatable bonds is 5. The predicted octanol–water partition coefficient (Wildman–Crippen LogP) is 6.59. The molecule has 0 saturated heterocycles. The average Bonchev–Trinajstić information content (AvgIpc) is 3.14. The monoisotopic (exact) mass is 496 g/mol. The fraction of sp³-hybridized carbons (Fsp3) is 0.192. The molecule has 4 rings (SSSR count). The van der Waals surface area contributed by atoms with Crippen molar-refractivity contribution in [2.75, 3.05) is 4.72 Å². The molecule has 6 nitrogen and oxygen atoms in total. The largest absolute Gasteiger partial charge is 0.477 e. The summed E-state index contributed by atoms with van der Waals surface area (Å²) in [5.41, 5.74) is 3.77. The van der Waals surface area contributed by atoms with E-state index in [0.717, 1.165) is 11.1 Å². The molecule has 1 heterocycles. The number of H-pyrrole nitrogens is 1. The van der Waals surface area contributed by atoms with E-state index in [1.54, 1.807) is 42.5 Å². The Bertz CT molecular complexity index is 1520. The predicted molar refractivity (Wildman–Crippen MR) is 136 cm³/mol. The lowest BCUT2D eigenvalue weighted by molar-refractivity contribution is 0.0692. The van der Waals surface area contributed by atoms with E-state index >= 15 is 0 Å². The zero-order valence-corrected chi connectivity index (χ0v) is 20.8. The van der Waals surface area contributed by atoms with Crippen molar-refractivity contribution in [3.05, 3.63) is 82.5 Å². The van der Waals surface area contributed by atoms with Crippen LogP contribution in [0, 0.1) is 6.92 Å². The summed E-state index contributed by atoms with van der Waals surface area (Å²) >= 11 is 6.29. The van der Waals surface area contributed by atoms with Crippen molar-refractivity contribution in [1.29, 1.82) is 0 Å². The van der Waals surface area contributed by atoms with Gasteiger partial charge in [-0.25, -0.2) is 13.2 Å². The highest BCUT2D eigenvalue weighted by atomic mass is 35.5. The van der Waals surface area contributed by atoms with Crippen LogP contribution in [0.15, 0.2) is 65.6 Å². The summed E-state index contributed by atoms with van der Waals surface area (Å²) in [6.45, 7) is 8.04. The molecule has 0 fully saturated rings. The van der Waals surface area contributed by atoms with Crippen molar-refractivity contribution in [1.82, 2.24) is 4.98 Å². The van der Waals surface area contributed by atoms with Gasteiger partial charge in [-0.3, -0.25) is 4.72 Å². The van der Waals surface area contributed by atoms with E-state index in [-0.39, 0.29) is 16.0 Å². The maximum absolute atomic E-state index is 13.0. The number of sulfonamides is 1. The number of halogens is 1. The minimum atomic E-state index is -3.84. The first-order chi connectivity index (χ1) is 15.9. The third-order valence-electron chi connectivity index (χ3n) is 5.76. The molecular weight excluding hydrogens is 472 g/mol. The normalized spacial score (nSPS) is 12.1. The second kappa shape index (κ2) is 8.49. The van der Waals surface area contributed by atoms with E-state index in [1.807, 2.05) is 25.1 Å². The number of fused-ring (bicyclic) bond motifs is 1. The molecule has 0 aliphatic carbocycles. The van der Waals surface area contributed by atoms with Gasteiger partial charge in [0.15, 0.2) is 0 Å². The number of hydrogen-bond acceptors (Lipinski definition) is 3. The van der Waals surface area contributed by atoms with Crippen molar-refractivity contribution in [2.24, 2.45) is 0 Å². The molecule has 0 aliphatic heterocycles. The lowest BCUT2D eigenvalue weighted by Gasteiger charge is -2.19. The second-order valence-corrected chi connectivity index (χ2v) is 11.4. The molecule has 176 valence electrons. The number of benzene rings is 3. The summed E-state index contributed by atoms with van der Waals surface area (Å²) in [7, 11) is -3.84. The Labute approximate surface area is 203 Å². The smallest absolute Gasteiger partial charge is 0.352 e. The van der Waals surface area contributed by atoms with Crippen LogP contribution in [-0.2, 0) is 15.4 Å². The second-order valence-electron chi connectivity index (χ2n) is 9.28. The van der Waals surface area contributed by atoms with Crippen LogP contribution in [-0.4, -0.2) is 24.5 Å². The van der Waals surface area contributed by atoms with E-state index in [1.165, 1.54) is 0 Å². The van der Waals surface area contributed by atoms with Gasteiger partial charge in [0.25, 0.3) is 10.0 Å². The first kappa shape index (κ1) is 23.9. The number of aryl methyl sites for hydroxylation is 1. The molecule has 34 heavy (non-hydrogen) atoms. The number of carbonyl (C=O) groups is 1. The molecule has 1 aromatic heterocycles. The standard InChI is InChI=1S/C26H25ClN2O4S/c1-15-5-6-16(13-21(15)27)23-20-14-18(9-12-22(20)28-24(23)25(30)31)29-34(32,33)19-10-7-17(8-11-19)26(2,3)4/h5-14,28-29H,1-4H3,(H,30,31). The van der Waals surface area contributed by atoms with Crippen LogP contribution >= 0.6 is 11.6 Å². The van der Waals surface area contributed by atoms with E-state index < -0.39 is 16.0 Å². The van der Waals surface area contributed by atoms with Crippen LogP contribution in [0.1, 0.15) is 42.4 Å². The number of aromatic carboxylic acids is 1. The summed E-state index contributed by atoms with van der Waals surface area (Å²) in [4.78, 5) is 15.0. The third-order valence-corrected chi connectivity index (χ3v) is 7.56. The molecule has 0 bridgehead atoms. The van der Waals surface area contributed by atoms with E-state index in [0.29, 0.717) is 32.7 Å². The van der Waals surface area contributed by atoms with E-state index in [4.69, 9.17) is 11.6 Å². The quantitative estimate of drug-likeness (QED) is 0.290. The Morgan fingerprint density at radius 3 is 2.26 bits per heavy atom. The zero-order valence-electron chi connectivity index (χ0n) is 19.2. The topological polar surface area (TPSA) is 99.3 Å². The van der Waals surface area contributed by atoms with Gasteiger partial charge in [0.1, 0.15) is 5.69 Å². The number of nitrogens with one attached hydrogen (secondary N) is 2. The highest BCUT2D eigenvalue weighted by Crippen LogP contribution is 2.36. The van der Waals surface area contributed by atoms with Gasteiger partial charge >= 0.3 is 5.97 Å². The number of carboxylic acids is 1. The Balaban J connectivity index is 1.77. The van der Waals surface area contributed by atoms with Crippen molar-refractivity contribution < 1.29 is 18.3 Å². The molecule has 8 heteroatoms. The number of aromatic nitrogens is 1. The van der Waals surface area contributed by atoms with Crippen LogP contribution < -0.4 is 4.72 Å². The van der Waals surface area contributed by atoms with E-state index in [2.05, 4.69) is 30.5 Å². The molecule has 0 spiro atoms. The van der Waals surface area contributed by atoms with Crippen molar-refractivity contribution >= 4 is 44.2 Å². The molecule has 0 saturated carbocycles. The molecule has 0 unspecified atom stereocenters. The summed E-state index contributed by atoms with van der Waals surface area (Å²) in [6, 6.07) is 17.0. The van der Waals surface area contributed by atoms with Gasteiger partial charge < -0.3 is 10.1 Å². The Morgan fingerprint density at radius 2 is 1.68 bits per heavy atom. The highest BCUT2D eigenvalue weighted by Gasteiger charge is 2.21. The van der Waals surface area contributed by atoms with Crippen LogP contribution in [0.2, 0.25) is 5.02 Å². The van der Waals surface area contributed by atoms with Gasteiger partial charge in [-0.2, -0.15) is 0 Å². The van der Waals surface area contributed by atoms with Gasteiger partial charge in [0.05, 0.1) is 4.90 Å². The zero-order chi connectivity index (χ0) is 24.8. The lowest BCUT2D eigenvalue weighted by Crippen LogP contribution is -2.14. The molecule has 3 aromatic carbocycles. The van der Waals surface area contributed by atoms with Crippen LogP contribution in [0.25, 0.3) is 22.0 Å². The summed E-state index contributed by atoms with van der Waals surface area (Å²) in [6.07, 6.45) is 0. The number of hydrogen-bond donors (Lipinski definition) is 3. The van der Waals surface area contributed by atoms with Gasteiger partial charge in [-0.15, -0.1) is 0 Å². The highest BCUT2D eigenvalue weighted by molar-refractivity contribution is 7.92. The average molecular weight is 497 g/mol. The summed E-state index contributed by atoms with van der Waals surface area (Å²) in [5, 5.41) is 10.8.